The van der Waals surface area contributed by atoms with Gasteiger partial charge in [-0.3, -0.25) is 0 Å². The van der Waals surface area contributed by atoms with Crippen LogP contribution in [0.5, 0.6) is 0 Å². The van der Waals surface area contributed by atoms with E-state index in [0.29, 0.717) is 0 Å². The van der Waals surface area contributed by atoms with Crippen molar-refractivity contribution in [2.75, 3.05) is 4.90 Å². The lowest BCUT2D eigenvalue weighted by molar-refractivity contribution is 0.666. The normalized spacial score (nSPS) is 12.8. The first-order valence-electron chi connectivity index (χ1n) is 17.4. The maximum atomic E-state index is 2.45. The molecular formula is C49H37N. The van der Waals surface area contributed by atoms with Gasteiger partial charge in [-0.1, -0.05) is 166 Å². The number of nitrogens with zero attached hydrogens (tertiary/aromatic N) is 1. The zero-order chi connectivity index (χ0) is 33.7. The molecule has 0 aromatic heterocycles. The summed E-state index contributed by atoms with van der Waals surface area (Å²) in [5.74, 6) is 0. The van der Waals surface area contributed by atoms with E-state index in [-0.39, 0.29) is 5.41 Å². The van der Waals surface area contributed by atoms with Gasteiger partial charge in [0.1, 0.15) is 0 Å². The molecule has 0 saturated carbocycles. The minimum absolute atomic E-state index is 0.141. The Morgan fingerprint density at radius 2 is 0.780 bits per heavy atom. The van der Waals surface area contributed by atoms with Gasteiger partial charge in [-0.25, -0.2) is 0 Å². The molecule has 0 fully saturated rings. The van der Waals surface area contributed by atoms with Crippen LogP contribution in [0.4, 0.5) is 17.1 Å². The van der Waals surface area contributed by atoms with Crippen LogP contribution in [0.2, 0.25) is 0 Å². The molecule has 8 aromatic rings. The Hall–Kier alpha value is -6.18. The minimum atomic E-state index is -0.141. The van der Waals surface area contributed by atoms with E-state index in [0.717, 1.165) is 11.4 Å². The predicted octanol–water partition coefficient (Wildman–Crippen LogP) is 13.6. The Balaban J connectivity index is 1.27. The number of hydrogen-bond donors (Lipinski definition) is 0. The Labute approximate surface area is 294 Å². The number of benzene rings is 8. The van der Waals surface area contributed by atoms with Gasteiger partial charge in [-0.05, 0) is 97.4 Å². The fourth-order valence-electron chi connectivity index (χ4n) is 7.98. The summed E-state index contributed by atoms with van der Waals surface area (Å²) in [6.07, 6.45) is 0. The maximum absolute atomic E-state index is 2.45. The fourth-order valence-corrected chi connectivity index (χ4v) is 7.98. The molecule has 0 amide bonds. The Kier molecular flexibility index (Phi) is 7.21. The van der Waals surface area contributed by atoms with Crippen molar-refractivity contribution in [2.24, 2.45) is 0 Å². The third-order valence-corrected chi connectivity index (χ3v) is 10.4. The SMILES string of the molecule is CC1(C)c2ccc(-c3ccccc3)cc2-c2cc(N(c3ccc(-c4ccccc4)cc3)c3ccc(-c4ccccc4)cc3)c3ccccc3c21. The highest BCUT2D eigenvalue weighted by atomic mass is 15.1. The molecule has 0 atom stereocenters. The summed E-state index contributed by atoms with van der Waals surface area (Å²) in [4.78, 5) is 2.44. The van der Waals surface area contributed by atoms with Crippen molar-refractivity contribution < 1.29 is 0 Å². The molecular weight excluding hydrogens is 603 g/mol. The highest BCUT2D eigenvalue weighted by Gasteiger charge is 2.38. The van der Waals surface area contributed by atoms with E-state index >= 15 is 0 Å². The van der Waals surface area contributed by atoms with E-state index in [4.69, 9.17) is 0 Å². The number of fused-ring (bicyclic) bond motifs is 5. The molecule has 0 spiro atoms. The van der Waals surface area contributed by atoms with Crippen molar-refractivity contribution in [2.45, 2.75) is 19.3 Å². The largest absolute Gasteiger partial charge is 0.310 e. The Bertz CT molecular complexity index is 2380. The second kappa shape index (κ2) is 12.1. The summed E-state index contributed by atoms with van der Waals surface area (Å²) in [6.45, 7) is 4.77. The van der Waals surface area contributed by atoms with Gasteiger partial charge in [0.25, 0.3) is 0 Å². The summed E-state index contributed by atoms with van der Waals surface area (Å²) >= 11 is 0. The first-order valence-corrected chi connectivity index (χ1v) is 17.4. The van der Waals surface area contributed by atoms with E-state index in [1.54, 1.807) is 0 Å². The molecule has 0 heterocycles. The molecule has 1 aliphatic rings. The molecule has 1 heteroatoms. The first-order chi connectivity index (χ1) is 24.6. The van der Waals surface area contributed by atoms with Crippen LogP contribution >= 0.6 is 0 Å². The molecule has 1 nitrogen and oxygen atoms in total. The van der Waals surface area contributed by atoms with Crippen molar-refractivity contribution in [3.05, 3.63) is 199 Å². The third kappa shape index (κ3) is 5.02. The fraction of sp³-hybridized carbons (Fsp3) is 0.0612. The summed E-state index contributed by atoms with van der Waals surface area (Å²) in [6, 6.07) is 68.5. The predicted molar refractivity (Wildman–Crippen MR) is 213 cm³/mol. The van der Waals surface area contributed by atoms with Crippen LogP contribution in [0.1, 0.15) is 25.0 Å². The monoisotopic (exact) mass is 639 g/mol. The molecule has 0 aliphatic heterocycles. The summed E-state index contributed by atoms with van der Waals surface area (Å²) in [7, 11) is 0. The number of hydrogen-bond acceptors (Lipinski definition) is 1. The van der Waals surface area contributed by atoms with E-state index in [1.165, 1.54) is 72.1 Å². The van der Waals surface area contributed by atoms with Gasteiger partial charge in [0.15, 0.2) is 0 Å². The van der Waals surface area contributed by atoms with Crippen LogP contribution in [-0.4, -0.2) is 0 Å². The Morgan fingerprint density at radius 1 is 0.360 bits per heavy atom. The average Bonchev–Trinajstić information content (AvgIpc) is 3.42. The van der Waals surface area contributed by atoms with Crippen molar-refractivity contribution in [3.63, 3.8) is 0 Å². The molecule has 0 bridgehead atoms. The molecule has 0 saturated heterocycles. The molecule has 0 N–H and O–H groups in total. The van der Waals surface area contributed by atoms with Crippen LogP contribution < -0.4 is 4.90 Å². The molecule has 50 heavy (non-hydrogen) atoms. The van der Waals surface area contributed by atoms with Gasteiger partial charge in [-0.2, -0.15) is 0 Å². The first kappa shape index (κ1) is 29.9. The van der Waals surface area contributed by atoms with Crippen LogP contribution in [-0.2, 0) is 5.41 Å². The van der Waals surface area contributed by atoms with E-state index in [2.05, 4.69) is 207 Å². The minimum Gasteiger partial charge on any atom is -0.310 e. The second-order valence-corrected chi connectivity index (χ2v) is 13.8. The van der Waals surface area contributed by atoms with Crippen LogP contribution in [0, 0.1) is 0 Å². The summed E-state index contributed by atoms with van der Waals surface area (Å²) < 4.78 is 0. The molecule has 1 aliphatic carbocycles. The van der Waals surface area contributed by atoms with Crippen molar-refractivity contribution in [1.82, 2.24) is 0 Å². The van der Waals surface area contributed by atoms with Gasteiger partial charge >= 0.3 is 0 Å². The highest BCUT2D eigenvalue weighted by Crippen LogP contribution is 2.55. The average molecular weight is 640 g/mol. The number of rotatable bonds is 6. The summed E-state index contributed by atoms with van der Waals surface area (Å²) in [5.41, 5.74) is 16.0. The van der Waals surface area contributed by atoms with E-state index in [1.807, 2.05) is 0 Å². The standard InChI is InChI=1S/C49H37N/c1-49(2)46-31-26-39(36-18-10-5-11-19-36)32-44(46)45-33-47(42-20-12-13-21-43(42)48(45)49)50(40-27-22-37(23-28-40)34-14-6-3-7-15-34)41-29-24-38(25-30-41)35-16-8-4-9-17-35/h3-33H,1-2H3. The smallest absolute Gasteiger partial charge is 0.0546 e. The zero-order valence-electron chi connectivity index (χ0n) is 28.3. The lowest BCUT2D eigenvalue weighted by Crippen LogP contribution is -2.16. The molecule has 0 radical (unpaired) electrons. The molecule has 9 rings (SSSR count). The second-order valence-electron chi connectivity index (χ2n) is 13.8. The highest BCUT2D eigenvalue weighted by molar-refractivity contribution is 6.07. The number of anilines is 3. The van der Waals surface area contributed by atoms with Gasteiger partial charge < -0.3 is 4.90 Å². The van der Waals surface area contributed by atoms with Crippen LogP contribution in [0.3, 0.4) is 0 Å². The van der Waals surface area contributed by atoms with Crippen LogP contribution in [0.15, 0.2) is 188 Å². The van der Waals surface area contributed by atoms with Gasteiger partial charge in [0, 0.05) is 22.2 Å². The lowest BCUT2D eigenvalue weighted by atomic mass is 9.79. The molecule has 238 valence electrons. The molecule has 0 unspecified atom stereocenters. The van der Waals surface area contributed by atoms with Gasteiger partial charge in [0.05, 0.1) is 5.69 Å². The summed E-state index contributed by atoms with van der Waals surface area (Å²) in [5, 5.41) is 2.55. The van der Waals surface area contributed by atoms with Crippen molar-refractivity contribution >= 4 is 27.8 Å². The zero-order valence-corrected chi connectivity index (χ0v) is 28.3. The maximum Gasteiger partial charge on any atom is 0.0546 e. The van der Waals surface area contributed by atoms with Crippen molar-refractivity contribution in [1.29, 1.82) is 0 Å². The van der Waals surface area contributed by atoms with Crippen LogP contribution in [0.25, 0.3) is 55.3 Å². The van der Waals surface area contributed by atoms with Gasteiger partial charge in [0.2, 0.25) is 0 Å². The topological polar surface area (TPSA) is 3.24 Å². The van der Waals surface area contributed by atoms with Gasteiger partial charge in [-0.15, -0.1) is 0 Å². The lowest BCUT2D eigenvalue weighted by Gasteiger charge is -2.30. The van der Waals surface area contributed by atoms with E-state index < -0.39 is 0 Å². The van der Waals surface area contributed by atoms with Crippen molar-refractivity contribution in [3.8, 4) is 44.5 Å². The quantitative estimate of drug-likeness (QED) is 0.175. The third-order valence-electron chi connectivity index (χ3n) is 10.4. The molecule has 8 aromatic carbocycles. The van der Waals surface area contributed by atoms with E-state index in [9.17, 15) is 0 Å². The Morgan fingerprint density at radius 3 is 1.30 bits per heavy atom.